The second-order valence-electron chi connectivity index (χ2n) is 5.70. The molecule has 1 aromatic rings. The van der Waals surface area contributed by atoms with Gasteiger partial charge in [-0.05, 0) is 25.0 Å². The van der Waals surface area contributed by atoms with Gasteiger partial charge >= 0.3 is 18.1 Å². The predicted octanol–water partition coefficient (Wildman–Crippen LogP) is 3.31. The van der Waals surface area contributed by atoms with E-state index in [0.717, 1.165) is 32.1 Å². The van der Waals surface area contributed by atoms with Gasteiger partial charge in [-0.25, -0.2) is 4.79 Å². The number of para-hydroxylation sites is 2. The number of hydrogen-bond acceptors (Lipinski definition) is 3. The summed E-state index contributed by atoms with van der Waals surface area (Å²) in [5, 5.41) is 4.37. The Balaban J connectivity index is 1.72. The Labute approximate surface area is 131 Å². The number of nitrogens with one attached hydrogen (secondary N) is 2. The average molecular weight is 330 g/mol. The number of carbonyl (C=O) groups excluding carboxylic acids is 1. The molecule has 0 bridgehead atoms. The minimum Gasteiger partial charge on any atom is -0.424 e. The van der Waals surface area contributed by atoms with E-state index in [-0.39, 0.29) is 17.5 Å². The second kappa shape index (κ2) is 5.82. The Kier molecular flexibility index (Phi) is 3.99. The van der Waals surface area contributed by atoms with Gasteiger partial charge in [-0.2, -0.15) is 13.2 Å². The zero-order chi connectivity index (χ0) is 16.5. The van der Waals surface area contributed by atoms with E-state index < -0.39 is 18.1 Å². The van der Waals surface area contributed by atoms with Crippen LogP contribution >= 0.6 is 0 Å². The molecule has 2 amide bonds. The maximum absolute atomic E-state index is 13.4. The van der Waals surface area contributed by atoms with Crippen molar-refractivity contribution in [1.29, 1.82) is 0 Å². The molecule has 1 aliphatic heterocycles. The number of amides is 2. The number of fused-ring (bicyclic) bond motifs is 1. The Bertz CT molecular complexity index is 561. The summed E-state index contributed by atoms with van der Waals surface area (Å²) < 4.78 is 50.1. The number of alkyl halides is 3. The standard InChI is InChI=1S/C15H17F3N2O3/c16-14(17,18)15(22-11-8-4-5-9-12(11)23-15)20-13(21)19-10-6-2-1-3-7-10/h4-5,8-10H,1-3,6-7H2,(H2,19,20,21). The van der Waals surface area contributed by atoms with Crippen molar-refractivity contribution in [2.45, 2.75) is 50.2 Å². The minimum atomic E-state index is -4.93. The number of hydrogen-bond donors (Lipinski definition) is 2. The van der Waals surface area contributed by atoms with Crippen LogP contribution in [0.15, 0.2) is 24.3 Å². The number of urea groups is 1. The third-order valence-corrected chi connectivity index (χ3v) is 3.95. The Morgan fingerprint density at radius 1 is 1.09 bits per heavy atom. The van der Waals surface area contributed by atoms with Crippen LogP contribution < -0.4 is 20.1 Å². The van der Waals surface area contributed by atoms with Crippen molar-refractivity contribution in [2.75, 3.05) is 0 Å². The second-order valence-corrected chi connectivity index (χ2v) is 5.70. The Morgan fingerprint density at radius 3 is 2.17 bits per heavy atom. The molecule has 1 aliphatic carbocycles. The molecule has 2 N–H and O–H groups in total. The van der Waals surface area contributed by atoms with Crippen molar-refractivity contribution in [3.05, 3.63) is 24.3 Å². The zero-order valence-corrected chi connectivity index (χ0v) is 12.3. The molecule has 3 rings (SSSR count). The molecular formula is C15H17F3N2O3. The van der Waals surface area contributed by atoms with Gasteiger partial charge in [0.2, 0.25) is 0 Å². The Hall–Kier alpha value is -2.12. The third kappa shape index (κ3) is 3.16. The molecule has 0 saturated heterocycles. The van der Waals surface area contributed by atoms with Crippen molar-refractivity contribution in [2.24, 2.45) is 0 Å². The summed E-state index contributed by atoms with van der Waals surface area (Å²) in [6, 6.07) is 4.67. The number of benzene rings is 1. The van der Waals surface area contributed by atoms with Crippen LogP contribution in [-0.4, -0.2) is 24.2 Å². The summed E-state index contributed by atoms with van der Waals surface area (Å²) in [4.78, 5) is 12.0. The minimum absolute atomic E-state index is 0.0669. The highest BCUT2D eigenvalue weighted by molar-refractivity contribution is 5.75. The lowest BCUT2D eigenvalue weighted by Gasteiger charge is -2.31. The lowest BCUT2D eigenvalue weighted by molar-refractivity contribution is -0.317. The van der Waals surface area contributed by atoms with E-state index in [1.165, 1.54) is 24.3 Å². The van der Waals surface area contributed by atoms with Gasteiger partial charge in [0, 0.05) is 6.04 Å². The normalized spacial score (nSPS) is 20.1. The van der Waals surface area contributed by atoms with Crippen LogP contribution in [0.2, 0.25) is 0 Å². The molecule has 1 saturated carbocycles. The van der Waals surface area contributed by atoms with Crippen LogP contribution in [0.4, 0.5) is 18.0 Å². The van der Waals surface area contributed by atoms with E-state index in [0.29, 0.717) is 0 Å². The quantitative estimate of drug-likeness (QED) is 0.875. The molecule has 8 heteroatoms. The molecule has 23 heavy (non-hydrogen) atoms. The summed E-state index contributed by atoms with van der Waals surface area (Å²) in [5.41, 5.74) is 0. The van der Waals surface area contributed by atoms with E-state index in [2.05, 4.69) is 5.32 Å². The van der Waals surface area contributed by atoms with Gasteiger partial charge in [0.1, 0.15) is 0 Å². The number of carbonyl (C=O) groups is 1. The summed E-state index contributed by atoms with van der Waals surface area (Å²) in [5.74, 6) is -3.33. The molecule has 1 fully saturated rings. The summed E-state index contributed by atoms with van der Waals surface area (Å²) in [7, 11) is 0. The fourth-order valence-electron chi connectivity index (χ4n) is 2.80. The van der Waals surface area contributed by atoms with Crippen molar-refractivity contribution >= 4 is 6.03 Å². The van der Waals surface area contributed by atoms with E-state index >= 15 is 0 Å². The van der Waals surface area contributed by atoms with E-state index in [1.54, 1.807) is 0 Å². The molecule has 0 spiro atoms. The number of halogens is 3. The van der Waals surface area contributed by atoms with Gasteiger partial charge in [0.05, 0.1) is 0 Å². The largest absolute Gasteiger partial charge is 0.492 e. The van der Waals surface area contributed by atoms with Crippen LogP contribution in [0, 0.1) is 0 Å². The van der Waals surface area contributed by atoms with Gasteiger partial charge in [-0.15, -0.1) is 0 Å². The van der Waals surface area contributed by atoms with E-state index in [9.17, 15) is 18.0 Å². The SMILES string of the molecule is O=C(NC1CCCCC1)NC1(C(F)(F)F)Oc2ccccc2O1. The lowest BCUT2D eigenvalue weighted by Crippen LogP contribution is -2.66. The molecule has 0 aromatic heterocycles. The summed E-state index contributed by atoms with van der Waals surface area (Å²) >= 11 is 0. The first-order valence-electron chi connectivity index (χ1n) is 7.52. The molecule has 1 heterocycles. The molecule has 0 atom stereocenters. The van der Waals surface area contributed by atoms with E-state index in [1.807, 2.05) is 5.32 Å². The highest BCUT2D eigenvalue weighted by atomic mass is 19.4. The first-order valence-corrected chi connectivity index (χ1v) is 7.52. The lowest BCUT2D eigenvalue weighted by atomic mass is 9.96. The zero-order valence-electron chi connectivity index (χ0n) is 12.3. The van der Waals surface area contributed by atoms with Gasteiger partial charge < -0.3 is 14.8 Å². The van der Waals surface area contributed by atoms with E-state index in [4.69, 9.17) is 9.47 Å². The van der Waals surface area contributed by atoms with Crippen LogP contribution in [0.5, 0.6) is 11.5 Å². The van der Waals surface area contributed by atoms with Crippen LogP contribution in [0.3, 0.4) is 0 Å². The van der Waals surface area contributed by atoms with Crippen molar-refractivity contribution in [3.63, 3.8) is 0 Å². The number of rotatable bonds is 2. The maximum Gasteiger partial charge on any atom is 0.492 e. The highest BCUT2D eigenvalue weighted by Gasteiger charge is 2.65. The smallest absolute Gasteiger partial charge is 0.424 e. The predicted molar refractivity (Wildman–Crippen MR) is 75.0 cm³/mol. The molecule has 2 aliphatic rings. The average Bonchev–Trinajstić information content (AvgIpc) is 2.87. The molecule has 126 valence electrons. The van der Waals surface area contributed by atoms with Crippen LogP contribution in [0.1, 0.15) is 32.1 Å². The number of ether oxygens (including phenoxy) is 2. The van der Waals surface area contributed by atoms with Gasteiger partial charge in [-0.1, -0.05) is 31.4 Å². The van der Waals surface area contributed by atoms with Gasteiger partial charge in [-0.3, -0.25) is 5.32 Å². The topological polar surface area (TPSA) is 59.6 Å². The maximum atomic E-state index is 13.4. The first-order chi connectivity index (χ1) is 10.9. The monoisotopic (exact) mass is 330 g/mol. The Morgan fingerprint density at radius 2 is 1.65 bits per heavy atom. The van der Waals surface area contributed by atoms with Gasteiger partial charge in [0.25, 0.3) is 0 Å². The molecule has 0 unspecified atom stereocenters. The van der Waals surface area contributed by atoms with Crippen molar-refractivity contribution in [1.82, 2.24) is 10.6 Å². The molecule has 1 aromatic carbocycles. The van der Waals surface area contributed by atoms with Crippen molar-refractivity contribution in [3.8, 4) is 11.5 Å². The van der Waals surface area contributed by atoms with Gasteiger partial charge in [0.15, 0.2) is 11.5 Å². The molecular weight excluding hydrogens is 313 g/mol. The summed E-state index contributed by atoms with van der Waals surface area (Å²) in [6.07, 6.45) is -0.436. The molecule has 0 radical (unpaired) electrons. The summed E-state index contributed by atoms with van der Waals surface area (Å²) in [6.45, 7) is 0. The molecule has 5 nitrogen and oxygen atoms in total. The van der Waals surface area contributed by atoms with Crippen molar-refractivity contribution < 1.29 is 27.4 Å². The van der Waals surface area contributed by atoms with Crippen LogP contribution in [0.25, 0.3) is 0 Å². The third-order valence-electron chi connectivity index (χ3n) is 3.95. The fourth-order valence-corrected chi connectivity index (χ4v) is 2.80. The fraction of sp³-hybridized carbons (Fsp3) is 0.533. The highest BCUT2D eigenvalue weighted by Crippen LogP contribution is 2.44. The first kappa shape index (κ1) is 15.8. The van der Waals surface area contributed by atoms with Crippen LogP contribution in [-0.2, 0) is 0 Å².